The van der Waals surface area contributed by atoms with Crippen molar-refractivity contribution < 1.29 is 97.4 Å². The number of esters is 2. The number of urea groups is 2. The number of halogens is 1. The van der Waals surface area contributed by atoms with Gasteiger partial charge in [0, 0.05) is 26.9 Å². The molecule has 0 atom stereocenters. The van der Waals surface area contributed by atoms with Crippen molar-refractivity contribution in [3.05, 3.63) is 78.1 Å². The van der Waals surface area contributed by atoms with E-state index in [-0.39, 0.29) is 34.1 Å². The van der Waals surface area contributed by atoms with Crippen LogP contribution in [0.3, 0.4) is 0 Å². The number of amides is 4. The van der Waals surface area contributed by atoms with Crippen LogP contribution in [0.1, 0.15) is 13.8 Å². The fourth-order valence-corrected chi connectivity index (χ4v) is 10.8. The van der Waals surface area contributed by atoms with Crippen LogP contribution < -0.4 is 31.9 Å². The number of hydrogen-bond acceptors (Lipinski definition) is 27. The summed E-state index contributed by atoms with van der Waals surface area (Å²) in [5.41, 5.74) is -2.25. The molecule has 4 aromatic carbocycles. The number of carbonyl (C=O) groups is 4. The van der Waals surface area contributed by atoms with Gasteiger partial charge in [0.2, 0.25) is 17.2 Å². The lowest BCUT2D eigenvalue weighted by Crippen LogP contribution is -2.34. The maximum Gasteiger partial charge on any atom is 0.319 e. The molecule has 1 heterocycles. The van der Waals surface area contributed by atoms with Gasteiger partial charge in [-0.2, -0.15) is 58.9 Å². The minimum absolute atomic E-state index is 0.0932. The van der Waals surface area contributed by atoms with Gasteiger partial charge in [0.15, 0.2) is 19.7 Å². The summed E-state index contributed by atoms with van der Waals surface area (Å²) in [5, 5.41) is 29.8. The van der Waals surface area contributed by atoms with Crippen molar-refractivity contribution in [3.63, 3.8) is 0 Å². The highest BCUT2D eigenvalue weighted by Gasteiger charge is 2.24. The normalized spacial score (nSPS) is 12.4. The number of hydrogen-bond donors (Lipinski definition) is 10. The molecule has 0 aliphatic heterocycles. The Hall–Kier alpha value is -8.00. The van der Waals surface area contributed by atoms with E-state index >= 15 is 0 Å². The molecular weight excluding hydrogens is 1250 g/mol. The van der Waals surface area contributed by atoms with E-state index in [0.717, 1.165) is 50.2 Å². The molecule has 0 saturated heterocycles. The van der Waals surface area contributed by atoms with Crippen LogP contribution in [0.2, 0.25) is 5.28 Å². The smallest absolute Gasteiger partial charge is 0.319 e. The number of sulfone groups is 2. The summed E-state index contributed by atoms with van der Waals surface area (Å²) in [6, 6.07) is 8.93. The molecule has 83 heavy (non-hydrogen) atoms. The van der Waals surface area contributed by atoms with Crippen LogP contribution in [-0.2, 0) is 79.2 Å². The van der Waals surface area contributed by atoms with Crippen molar-refractivity contribution in [2.45, 2.75) is 33.4 Å². The first-order valence-electron chi connectivity index (χ1n) is 22.5. The Balaban J connectivity index is 1.50. The molecule has 5 rings (SSSR count). The number of rotatable bonds is 26. The van der Waals surface area contributed by atoms with Crippen LogP contribution in [0.25, 0.3) is 0 Å². The van der Waals surface area contributed by atoms with Gasteiger partial charge in [-0.3, -0.25) is 27.8 Å². The number of anilines is 6. The van der Waals surface area contributed by atoms with Crippen molar-refractivity contribution in [1.29, 1.82) is 0 Å². The zero-order valence-electron chi connectivity index (χ0n) is 42.2. The molecule has 10 N–H and O–H groups in total. The summed E-state index contributed by atoms with van der Waals surface area (Å²) in [6.07, 6.45) is 0. The quantitative estimate of drug-likeness (QED) is 0.0212. The van der Waals surface area contributed by atoms with Gasteiger partial charge in [0.05, 0.1) is 66.9 Å². The highest BCUT2D eigenvalue weighted by molar-refractivity contribution is 7.91. The summed E-state index contributed by atoms with van der Waals surface area (Å²) in [5.74, 6) is -4.59. The molecule has 0 spiro atoms. The van der Waals surface area contributed by atoms with Crippen LogP contribution in [0, 0.1) is 0 Å². The van der Waals surface area contributed by atoms with Crippen molar-refractivity contribution in [3.8, 4) is 0 Å². The van der Waals surface area contributed by atoms with Crippen LogP contribution in [0.5, 0.6) is 0 Å². The molecule has 0 aliphatic rings. The highest BCUT2D eigenvalue weighted by atomic mass is 35.5. The Morgan fingerprint density at radius 1 is 0.482 bits per heavy atom. The number of aromatic nitrogens is 3. The zero-order valence-corrected chi connectivity index (χ0v) is 47.8. The lowest BCUT2D eigenvalue weighted by Gasteiger charge is -2.16. The summed E-state index contributed by atoms with van der Waals surface area (Å²) >= 11 is 6.30. The summed E-state index contributed by atoms with van der Waals surface area (Å²) in [4.78, 5) is 56.9. The van der Waals surface area contributed by atoms with Crippen LogP contribution in [0.4, 0.5) is 67.0 Å². The monoisotopic (exact) mass is 1300 g/mol. The van der Waals surface area contributed by atoms with Gasteiger partial charge in [-0.25, -0.2) is 26.4 Å². The number of ether oxygens (including phenoxy) is 2. The Labute approximate surface area is 476 Å². The van der Waals surface area contributed by atoms with Crippen molar-refractivity contribution in [2.75, 3.05) is 70.6 Å². The van der Waals surface area contributed by atoms with E-state index in [9.17, 15) is 87.9 Å². The molecule has 5 aromatic rings. The first-order chi connectivity index (χ1) is 38.5. The van der Waals surface area contributed by atoms with Gasteiger partial charge in [-0.15, -0.1) is 10.2 Å². The third kappa shape index (κ3) is 21.4. The van der Waals surface area contributed by atoms with E-state index in [1.165, 1.54) is 24.3 Å². The second kappa shape index (κ2) is 27.4. The Morgan fingerprint density at radius 2 is 0.855 bits per heavy atom. The fourth-order valence-electron chi connectivity index (χ4n) is 6.23. The van der Waals surface area contributed by atoms with Crippen molar-refractivity contribution in [1.82, 2.24) is 25.6 Å². The number of nitrogens with one attached hydrogen (secondary N) is 6. The van der Waals surface area contributed by atoms with E-state index in [2.05, 4.69) is 76.8 Å². The van der Waals surface area contributed by atoms with Gasteiger partial charge >= 0.3 is 24.0 Å². The predicted octanol–water partition coefficient (Wildman–Crippen LogP) is 4.03. The Morgan fingerprint density at radius 3 is 1.19 bits per heavy atom. The lowest BCUT2D eigenvalue weighted by atomic mass is 10.2. The average Bonchev–Trinajstić information content (AvgIpc) is 3.43. The molecule has 448 valence electrons. The van der Waals surface area contributed by atoms with Gasteiger partial charge in [0.25, 0.3) is 40.5 Å². The van der Waals surface area contributed by atoms with Gasteiger partial charge in [0.1, 0.15) is 34.4 Å². The van der Waals surface area contributed by atoms with Gasteiger partial charge in [-0.05, 0) is 84.4 Å². The minimum Gasteiger partial charge on any atom is -0.465 e. The average molecular weight is 1300 g/mol. The summed E-state index contributed by atoms with van der Waals surface area (Å²) < 4.78 is 193. The molecule has 0 saturated carbocycles. The van der Waals surface area contributed by atoms with E-state index in [1.807, 2.05) is 0 Å². The predicted molar refractivity (Wildman–Crippen MR) is 289 cm³/mol. The van der Waals surface area contributed by atoms with Crippen LogP contribution >= 0.6 is 11.6 Å². The van der Waals surface area contributed by atoms with Gasteiger partial charge in [-0.1, -0.05) is 0 Å². The molecule has 35 nitrogen and oxygen atoms in total. The second-order valence-electron chi connectivity index (χ2n) is 16.3. The number of carbonyl (C=O) groups excluding carboxylic acids is 4. The maximum atomic E-state index is 13.2. The SMILES string of the molecule is CC(=O)OCCS(=O)(=O)CCNC(=O)Nc1cc(N=Nc2ccc(S(=O)(=O)O)cc2S(=O)(=O)O)ccc1Nc1nc(Cl)nc(Nc2ccc(N=Nc3ccc(S(=O)(=O)O)cc3S(=O)(=O)O)cc2NC(=O)NCCS(=O)(=O)CCOC(C)=O)n1. The van der Waals surface area contributed by atoms with E-state index < -0.39 is 182 Å². The molecule has 0 aliphatic carbocycles. The van der Waals surface area contributed by atoms with Crippen molar-refractivity contribution in [2.24, 2.45) is 20.5 Å². The molecule has 1 aromatic heterocycles. The zero-order chi connectivity index (χ0) is 61.7. The van der Waals surface area contributed by atoms with Crippen LogP contribution in [0.15, 0.2) is 113 Å². The fraction of sp³-hybridized carbons (Fsp3) is 0.244. The molecule has 0 bridgehead atoms. The Bertz CT molecular complexity index is 3860. The summed E-state index contributed by atoms with van der Waals surface area (Å²) in [6.45, 7) is 0.306. The number of benzene rings is 4. The first-order valence-corrected chi connectivity index (χ1v) is 32.3. The van der Waals surface area contributed by atoms with E-state index in [0.29, 0.717) is 12.1 Å². The molecular formula is C41H44ClN13O22S6. The molecule has 0 unspecified atom stereocenters. The second-order valence-corrected chi connectivity index (χ2v) is 26.8. The van der Waals surface area contributed by atoms with Crippen LogP contribution in [-0.4, -0.2) is 157 Å². The number of azo groups is 2. The third-order valence-corrected chi connectivity index (χ3v) is 16.8. The standard InChI is InChI=1S/C41H44ClN13O22S6/c1-23(56)76-13-17-78(60,61)15-11-43-40(58)47-33-19-25(52-54-31-9-5-27(80(64,65)66)21-35(31)82(70,71)72)3-7-29(33)45-38-49-37(42)50-39(51-38)46-30-8-4-26(53-55-32-10-6-28(81(67,68)69)22-36(32)83(73,74)75)20-34(30)48-41(59)44-12-16-79(62,63)18-14-77-24(2)57/h3-10,19-22H,11-18H2,1-2H3,(H2,43,47,58)(H2,44,48,59)(H,64,65,66)(H,67,68,69)(H,70,71,72)(H,73,74,75)(H2,45,46,49,50,51). The van der Waals surface area contributed by atoms with Crippen molar-refractivity contribution >= 4 is 153 Å². The minimum atomic E-state index is -5.19. The summed E-state index contributed by atoms with van der Waals surface area (Å²) in [7, 11) is -28.0. The lowest BCUT2D eigenvalue weighted by molar-refractivity contribution is -0.141. The topological polar surface area (TPSA) is 533 Å². The van der Waals surface area contributed by atoms with E-state index in [4.69, 9.17) is 11.6 Å². The molecule has 0 fully saturated rings. The molecule has 42 heteroatoms. The van der Waals surface area contributed by atoms with E-state index in [1.54, 1.807) is 0 Å². The maximum absolute atomic E-state index is 13.2. The third-order valence-electron chi connectivity index (χ3n) is 9.96. The first kappa shape index (κ1) is 65.8. The van der Waals surface area contributed by atoms with Gasteiger partial charge < -0.3 is 41.4 Å². The largest absolute Gasteiger partial charge is 0.465 e. The number of nitrogens with zero attached hydrogens (tertiary/aromatic N) is 7. The Kier molecular flexibility index (Phi) is 21.7. The molecule has 4 amide bonds. The highest BCUT2D eigenvalue weighted by Crippen LogP contribution is 2.35. The molecule has 0 radical (unpaired) electrons.